The van der Waals surface area contributed by atoms with Crippen LogP contribution in [0.1, 0.15) is 38.7 Å². The van der Waals surface area contributed by atoms with Gasteiger partial charge in [-0.2, -0.15) is 0 Å². The van der Waals surface area contributed by atoms with E-state index >= 15 is 0 Å². The van der Waals surface area contributed by atoms with Gasteiger partial charge in [-0.05, 0) is 65.6 Å². The van der Waals surface area contributed by atoms with Gasteiger partial charge in [0.15, 0.2) is 0 Å². The second kappa shape index (κ2) is 5.38. The normalized spacial score (nSPS) is 29.1. The summed E-state index contributed by atoms with van der Waals surface area (Å²) >= 11 is 3.48. The number of rotatable bonds is 2. The Morgan fingerprint density at radius 2 is 2.06 bits per heavy atom. The molecule has 3 unspecified atom stereocenters. The van der Waals surface area contributed by atoms with E-state index in [0.717, 1.165) is 22.1 Å². The number of pyridine rings is 1. The molecule has 1 fully saturated rings. The Kier molecular flexibility index (Phi) is 4.08. The maximum atomic E-state index is 4.42. The lowest BCUT2D eigenvalue weighted by Gasteiger charge is -2.32. The highest BCUT2D eigenvalue weighted by Crippen LogP contribution is 2.31. The zero-order chi connectivity index (χ0) is 12.4. The molecule has 0 aliphatic heterocycles. The number of halogens is 1. The summed E-state index contributed by atoms with van der Waals surface area (Å²) in [7, 11) is 0. The number of nitrogens with one attached hydrogen (secondary N) is 1. The molecule has 1 aliphatic carbocycles. The lowest BCUT2D eigenvalue weighted by atomic mass is 9.79. The lowest BCUT2D eigenvalue weighted by Crippen LogP contribution is -2.30. The average molecular weight is 297 g/mol. The summed E-state index contributed by atoms with van der Waals surface area (Å²) < 4.78 is 1.08. The van der Waals surface area contributed by atoms with Crippen molar-refractivity contribution in [1.29, 1.82) is 0 Å². The van der Waals surface area contributed by atoms with E-state index in [2.05, 4.69) is 53.1 Å². The molecule has 0 aromatic carbocycles. The van der Waals surface area contributed by atoms with Crippen molar-refractivity contribution < 1.29 is 0 Å². The van der Waals surface area contributed by atoms with E-state index in [-0.39, 0.29) is 0 Å². The summed E-state index contributed by atoms with van der Waals surface area (Å²) in [6.07, 6.45) is 5.74. The number of anilines is 1. The summed E-state index contributed by atoms with van der Waals surface area (Å²) in [5, 5.41) is 3.57. The van der Waals surface area contributed by atoms with E-state index in [9.17, 15) is 0 Å². The Morgan fingerprint density at radius 1 is 1.29 bits per heavy atom. The van der Waals surface area contributed by atoms with Crippen LogP contribution in [0.5, 0.6) is 0 Å². The molecule has 0 radical (unpaired) electrons. The van der Waals surface area contributed by atoms with E-state index in [1.54, 1.807) is 0 Å². The molecule has 2 nitrogen and oxygen atoms in total. The Hall–Kier alpha value is -0.570. The summed E-state index contributed by atoms with van der Waals surface area (Å²) in [5.41, 5.74) is 1.24. The van der Waals surface area contributed by atoms with Gasteiger partial charge in [0.2, 0.25) is 0 Å². The van der Waals surface area contributed by atoms with Crippen LogP contribution in [0.15, 0.2) is 16.7 Å². The van der Waals surface area contributed by atoms with Gasteiger partial charge in [0.1, 0.15) is 5.82 Å². The largest absolute Gasteiger partial charge is 0.367 e. The topological polar surface area (TPSA) is 24.9 Å². The van der Waals surface area contributed by atoms with Crippen LogP contribution in [-0.2, 0) is 0 Å². The first-order valence-electron chi connectivity index (χ1n) is 6.45. The zero-order valence-corrected chi connectivity index (χ0v) is 12.4. The maximum absolute atomic E-state index is 4.42. The lowest BCUT2D eigenvalue weighted by molar-refractivity contribution is 0.260. The highest BCUT2D eigenvalue weighted by Gasteiger charge is 2.24. The molecule has 1 N–H and O–H groups in total. The monoisotopic (exact) mass is 296 g/mol. The van der Waals surface area contributed by atoms with E-state index < -0.39 is 0 Å². The van der Waals surface area contributed by atoms with E-state index in [4.69, 9.17) is 0 Å². The van der Waals surface area contributed by atoms with Gasteiger partial charge in [0.05, 0.1) is 0 Å². The first kappa shape index (κ1) is 12.9. The molecular formula is C14H21BrN2. The Balaban J connectivity index is 1.99. The number of aromatic nitrogens is 1. The highest BCUT2D eigenvalue weighted by atomic mass is 79.9. The molecule has 1 saturated carbocycles. The van der Waals surface area contributed by atoms with Crippen molar-refractivity contribution in [2.75, 3.05) is 5.32 Å². The molecule has 2 rings (SSSR count). The second-order valence-corrected chi connectivity index (χ2v) is 6.28. The number of nitrogens with zero attached hydrogens (tertiary/aromatic N) is 1. The Morgan fingerprint density at radius 3 is 2.71 bits per heavy atom. The van der Waals surface area contributed by atoms with Crippen molar-refractivity contribution in [3.63, 3.8) is 0 Å². The van der Waals surface area contributed by atoms with Crippen molar-refractivity contribution in [3.05, 3.63) is 22.3 Å². The van der Waals surface area contributed by atoms with Crippen LogP contribution in [0.3, 0.4) is 0 Å². The van der Waals surface area contributed by atoms with Gasteiger partial charge in [-0.25, -0.2) is 4.98 Å². The van der Waals surface area contributed by atoms with Gasteiger partial charge in [-0.15, -0.1) is 0 Å². The fraction of sp³-hybridized carbons (Fsp3) is 0.643. The summed E-state index contributed by atoms with van der Waals surface area (Å²) in [6, 6.07) is 2.71. The molecule has 1 aromatic rings. The van der Waals surface area contributed by atoms with Crippen LogP contribution >= 0.6 is 15.9 Å². The zero-order valence-electron chi connectivity index (χ0n) is 10.8. The standard InChI is InChI=1S/C14H21BrN2/c1-9-4-5-12(6-10(9)2)17-14-7-11(3)13(15)8-16-14/h7-10,12H,4-6H2,1-3H3,(H,16,17). The van der Waals surface area contributed by atoms with Crippen molar-refractivity contribution >= 4 is 21.7 Å². The van der Waals surface area contributed by atoms with Crippen LogP contribution in [0.25, 0.3) is 0 Å². The Bertz CT molecular complexity index is 392. The molecule has 17 heavy (non-hydrogen) atoms. The number of hydrogen-bond acceptors (Lipinski definition) is 2. The minimum Gasteiger partial charge on any atom is -0.367 e. The van der Waals surface area contributed by atoms with E-state index in [1.807, 2.05) is 6.20 Å². The third-order valence-electron chi connectivity index (χ3n) is 4.00. The highest BCUT2D eigenvalue weighted by molar-refractivity contribution is 9.10. The van der Waals surface area contributed by atoms with Crippen LogP contribution in [-0.4, -0.2) is 11.0 Å². The fourth-order valence-electron chi connectivity index (χ4n) is 2.51. The molecule has 1 aromatic heterocycles. The first-order valence-corrected chi connectivity index (χ1v) is 7.24. The van der Waals surface area contributed by atoms with Gasteiger partial charge >= 0.3 is 0 Å². The second-order valence-electron chi connectivity index (χ2n) is 5.43. The molecule has 1 heterocycles. The number of aryl methyl sites for hydroxylation is 1. The van der Waals surface area contributed by atoms with Crippen molar-refractivity contribution in [2.45, 2.75) is 46.1 Å². The molecule has 1 aliphatic rings. The average Bonchev–Trinajstić information content (AvgIpc) is 2.29. The van der Waals surface area contributed by atoms with Crippen LogP contribution in [0, 0.1) is 18.8 Å². The smallest absolute Gasteiger partial charge is 0.126 e. The predicted molar refractivity (Wildman–Crippen MR) is 76.3 cm³/mol. The molecule has 94 valence electrons. The Labute approximate surface area is 112 Å². The minimum atomic E-state index is 0.592. The molecule has 3 heteroatoms. The van der Waals surface area contributed by atoms with Gasteiger partial charge < -0.3 is 5.32 Å². The third kappa shape index (κ3) is 3.21. The van der Waals surface area contributed by atoms with Gasteiger partial charge in [-0.3, -0.25) is 0 Å². The quantitative estimate of drug-likeness (QED) is 0.875. The molecule has 0 bridgehead atoms. The predicted octanol–water partition coefficient (Wildman–Crippen LogP) is 4.39. The van der Waals surface area contributed by atoms with Gasteiger partial charge in [-0.1, -0.05) is 13.8 Å². The molecule has 3 atom stereocenters. The SMILES string of the molecule is Cc1cc(NC2CCC(C)C(C)C2)ncc1Br. The van der Waals surface area contributed by atoms with Crippen molar-refractivity contribution in [1.82, 2.24) is 4.98 Å². The summed E-state index contributed by atoms with van der Waals surface area (Å²) in [4.78, 5) is 4.42. The first-order chi connectivity index (χ1) is 8.06. The van der Waals surface area contributed by atoms with E-state index in [0.29, 0.717) is 6.04 Å². The fourth-order valence-corrected chi connectivity index (χ4v) is 2.72. The molecule has 0 saturated heterocycles. The molecule has 0 spiro atoms. The summed E-state index contributed by atoms with van der Waals surface area (Å²) in [6.45, 7) is 6.82. The molecule has 0 amide bonds. The van der Waals surface area contributed by atoms with Crippen LogP contribution < -0.4 is 5.32 Å². The van der Waals surface area contributed by atoms with Gasteiger partial charge in [0.25, 0.3) is 0 Å². The van der Waals surface area contributed by atoms with E-state index in [1.165, 1.54) is 24.8 Å². The van der Waals surface area contributed by atoms with Gasteiger partial charge in [0, 0.05) is 16.7 Å². The van der Waals surface area contributed by atoms with Crippen LogP contribution in [0.4, 0.5) is 5.82 Å². The molecular weight excluding hydrogens is 276 g/mol. The van der Waals surface area contributed by atoms with Crippen molar-refractivity contribution in [3.8, 4) is 0 Å². The minimum absolute atomic E-state index is 0.592. The third-order valence-corrected chi connectivity index (χ3v) is 4.83. The number of hydrogen-bond donors (Lipinski definition) is 1. The maximum Gasteiger partial charge on any atom is 0.126 e. The van der Waals surface area contributed by atoms with Crippen molar-refractivity contribution in [2.24, 2.45) is 11.8 Å². The summed E-state index contributed by atoms with van der Waals surface area (Å²) in [5.74, 6) is 2.70. The van der Waals surface area contributed by atoms with Crippen LogP contribution in [0.2, 0.25) is 0 Å².